The van der Waals surface area contributed by atoms with E-state index in [1.54, 1.807) is 18.4 Å². The van der Waals surface area contributed by atoms with E-state index in [4.69, 9.17) is 5.73 Å². The average Bonchev–Trinajstić information content (AvgIpc) is 1.85. The molecule has 1 aliphatic heterocycles. The van der Waals surface area contributed by atoms with Crippen LogP contribution < -0.4 is 5.73 Å². The summed E-state index contributed by atoms with van der Waals surface area (Å²) in [6, 6.07) is -0.538. The number of nitrogens with zero attached hydrogens (tertiary/aromatic N) is 1. The summed E-state index contributed by atoms with van der Waals surface area (Å²) in [5.41, 5.74) is 5.09. The smallest absolute Gasteiger partial charge is 0.237 e. The number of hydrogen-bond acceptors (Lipinski definition) is 3. The molecule has 1 radical (unpaired) electrons. The van der Waals surface area contributed by atoms with Gasteiger partial charge in [-0.25, -0.2) is 0 Å². The Kier molecular flexibility index (Phi) is 2.46. The van der Waals surface area contributed by atoms with Crippen molar-refractivity contribution < 1.29 is 9.90 Å². The maximum absolute atomic E-state index is 10.8. The van der Waals surface area contributed by atoms with E-state index in [1.165, 1.54) is 0 Å². The molecule has 0 aromatic heterocycles. The molecule has 1 saturated heterocycles. The van der Waals surface area contributed by atoms with Crippen molar-refractivity contribution in [2.75, 3.05) is 13.6 Å². The van der Waals surface area contributed by atoms with Crippen LogP contribution in [0, 0.1) is 6.42 Å². The third-order valence-corrected chi connectivity index (χ3v) is 1.98. The van der Waals surface area contributed by atoms with Crippen LogP contribution >= 0.6 is 0 Å². The number of primary amides is 1. The summed E-state index contributed by atoms with van der Waals surface area (Å²) < 4.78 is 0. The molecule has 2 atom stereocenters. The molecule has 0 aliphatic carbocycles. The molecule has 0 aromatic carbocycles. The van der Waals surface area contributed by atoms with E-state index in [0.717, 1.165) is 13.0 Å². The zero-order valence-corrected chi connectivity index (χ0v) is 6.53. The highest BCUT2D eigenvalue weighted by atomic mass is 16.3. The number of likely N-dealkylation sites (N-methyl/N-ethyl adjacent to an activating group) is 1. The summed E-state index contributed by atoms with van der Waals surface area (Å²) in [5, 5.41) is 9.31. The molecule has 1 amide bonds. The Balaban J connectivity index is 2.62. The predicted octanol–water partition coefficient (Wildman–Crippen LogP) is -1.26. The van der Waals surface area contributed by atoms with Gasteiger partial charge >= 0.3 is 0 Å². The number of piperidine rings is 1. The minimum Gasteiger partial charge on any atom is -0.391 e. The number of aliphatic hydroxyl groups is 1. The summed E-state index contributed by atoms with van der Waals surface area (Å²) in [4.78, 5) is 12.5. The first-order chi connectivity index (χ1) is 5.13. The highest BCUT2D eigenvalue weighted by molar-refractivity contribution is 5.80. The van der Waals surface area contributed by atoms with Gasteiger partial charge in [-0.05, 0) is 26.4 Å². The molecule has 0 saturated carbocycles. The van der Waals surface area contributed by atoms with Crippen molar-refractivity contribution in [3.63, 3.8) is 0 Å². The Morgan fingerprint density at radius 2 is 2.45 bits per heavy atom. The number of likely N-dealkylation sites (tertiary alicyclic amines) is 1. The average molecular weight is 157 g/mol. The molecular weight excluding hydrogens is 144 g/mol. The van der Waals surface area contributed by atoms with Crippen LogP contribution in [-0.4, -0.2) is 41.7 Å². The van der Waals surface area contributed by atoms with Gasteiger partial charge < -0.3 is 10.8 Å². The maximum atomic E-state index is 10.8. The molecule has 3 N–H and O–H groups in total. The number of aliphatic hydroxyl groups excluding tert-OH is 1. The van der Waals surface area contributed by atoms with Crippen LogP contribution in [0.3, 0.4) is 0 Å². The van der Waals surface area contributed by atoms with Crippen LogP contribution in [0.4, 0.5) is 0 Å². The Hall–Kier alpha value is -0.610. The first-order valence-electron chi connectivity index (χ1n) is 3.64. The summed E-state index contributed by atoms with van der Waals surface area (Å²) in [5.74, 6) is -0.462. The third kappa shape index (κ3) is 1.70. The van der Waals surface area contributed by atoms with Gasteiger partial charge in [0.2, 0.25) is 5.91 Å². The van der Waals surface area contributed by atoms with Gasteiger partial charge in [0.1, 0.15) is 6.04 Å². The van der Waals surface area contributed by atoms with E-state index < -0.39 is 18.1 Å². The molecular formula is C7H13N2O2. The zero-order chi connectivity index (χ0) is 8.43. The topological polar surface area (TPSA) is 66.6 Å². The number of nitrogens with two attached hydrogens (primary N) is 1. The first-order valence-corrected chi connectivity index (χ1v) is 3.64. The summed E-state index contributed by atoms with van der Waals surface area (Å²) >= 11 is 0. The fraction of sp³-hybridized carbons (Fsp3) is 0.714. The van der Waals surface area contributed by atoms with Crippen molar-refractivity contribution in [1.29, 1.82) is 0 Å². The number of hydrogen-bond donors (Lipinski definition) is 2. The van der Waals surface area contributed by atoms with Gasteiger partial charge in [-0.15, -0.1) is 0 Å². The van der Waals surface area contributed by atoms with E-state index in [0.29, 0.717) is 0 Å². The molecule has 0 aromatic rings. The second-order valence-corrected chi connectivity index (χ2v) is 2.84. The van der Waals surface area contributed by atoms with Crippen molar-refractivity contribution in [3.8, 4) is 0 Å². The van der Waals surface area contributed by atoms with E-state index >= 15 is 0 Å². The van der Waals surface area contributed by atoms with Gasteiger partial charge in [-0.2, -0.15) is 0 Å². The van der Waals surface area contributed by atoms with Gasteiger partial charge in [-0.3, -0.25) is 9.69 Å². The van der Waals surface area contributed by atoms with Crippen LogP contribution in [0.5, 0.6) is 0 Å². The molecule has 4 heteroatoms. The summed E-state index contributed by atoms with van der Waals surface area (Å²) in [7, 11) is 1.78. The van der Waals surface area contributed by atoms with E-state index in [1.807, 2.05) is 0 Å². The number of amides is 1. The second-order valence-electron chi connectivity index (χ2n) is 2.84. The predicted molar refractivity (Wildman–Crippen MR) is 40.5 cm³/mol. The molecule has 1 aliphatic rings. The molecule has 1 fully saturated rings. The first kappa shape index (κ1) is 8.49. The molecule has 2 unspecified atom stereocenters. The van der Waals surface area contributed by atoms with Crippen LogP contribution in [0.1, 0.15) is 6.42 Å². The van der Waals surface area contributed by atoms with Gasteiger partial charge in [0.25, 0.3) is 0 Å². The minimum atomic E-state index is -0.703. The van der Waals surface area contributed by atoms with Gasteiger partial charge in [0.05, 0.1) is 6.10 Å². The Morgan fingerprint density at radius 1 is 1.82 bits per heavy atom. The fourth-order valence-corrected chi connectivity index (χ4v) is 1.36. The fourth-order valence-electron chi connectivity index (χ4n) is 1.36. The number of carbonyl (C=O) groups is 1. The van der Waals surface area contributed by atoms with E-state index in [-0.39, 0.29) is 0 Å². The molecule has 0 spiro atoms. The molecule has 0 bridgehead atoms. The largest absolute Gasteiger partial charge is 0.391 e. The van der Waals surface area contributed by atoms with Crippen molar-refractivity contribution in [1.82, 2.24) is 4.90 Å². The van der Waals surface area contributed by atoms with E-state index in [2.05, 4.69) is 0 Å². The van der Waals surface area contributed by atoms with Crippen LogP contribution in [0.15, 0.2) is 0 Å². The van der Waals surface area contributed by atoms with Crippen LogP contribution in [0.2, 0.25) is 0 Å². The monoisotopic (exact) mass is 157 g/mol. The molecule has 63 valence electrons. The third-order valence-electron chi connectivity index (χ3n) is 1.98. The standard InChI is InChI=1S/C7H13N2O2/c1-9-4-2-3-5(10)6(9)7(8)11/h3,5-6,10H,2,4H2,1H3,(H2,8,11). The van der Waals surface area contributed by atoms with Crippen molar-refractivity contribution in [3.05, 3.63) is 6.42 Å². The normalized spacial score (nSPS) is 33.6. The van der Waals surface area contributed by atoms with Gasteiger partial charge in [0.15, 0.2) is 0 Å². The quantitative estimate of drug-likeness (QED) is 0.499. The minimum absolute atomic E-state index is 0.462. The Labute approximate surface area is 66.0 Å². The zero-order valence-electron chi connectivity index (χ0n) is 6.53. The second kappa shape index (κ2) is 3.19. The lowest BCUT2D eigenvalue weighted by Gasteiger charge is -2.33. The van der Waals surface area contributed by atoms with Crippen molar-refractivity contribution in [2.24, 2.45) is 5.73 Å². The van der Waals surface area contributed by atoms with Crippen molar-refractivity contribution in [2.45, 2.75) is 18.6 Å². The lowest BCUT2D eigenvalue weighted by Crippen LogP contribution is -2.53. The highest BCUT2D eigenvalue weighted by Crippen LogP contribution is 2.14. The molecule has 1 heterocycles. The van der Waals surface area contributed by atoms with Gasteiger partial charge in [0, 0.05) is 0 Å². The van der Waals surface area contributed by atoms with Gasteiger partial charge in [-0.1, -0.05) is 0 Å². The van der Waals surface area contributed by atoms with Crippen molar-refractivity contribution >= 4 is 5.91 Å². The van der Waals surface area contributed by atoms with E-state index in [9.17, 15) is 9.90 Å². The molecule has 4 nitrogen and oxygen atoms in total. The summed E-state index contributed by atoms with van der Waals surface area (Å²) in [6.07, 6.45) is 1.82. The number of rotatable bonds is 1. The summed E-state index contributed by atoms with van der Waals surface area (Å²) in [6.45, 7) is 0.782. The molecule has 1 rings (SSSR count). The lowest BCUT2D eigenvalue weighted by molar-refractivity contribution is -0.126. The highest BCUT2D eigenvalue weighted by Gasteiger charge is 2.31. The SMILES string of the molecule is CN1CC[CH]C(O)C1C(N)=O. The number of carbonyl (C=O) groups excluding carboxylic acids is 1. The maximum Gasteiger partial charge on any atom is 0.237 e. The molecule has 11 heavy (non-hydrogen) atoms. The Morgan fingerprint density at radius 3 is 2.82 bits per heavy atom. The lowest BCUT2D eigenvalue weighted by atomic mass is 9.99. The van der Waals surface area contributed by atoms with Crippen LogP contribution in [0.25, 0.3) is 0 Å². The van der Waals surface area contributed by atoms with Crippen LogP contribution in [-0.2, 0) is 4.79 Å². The Bertz CT molecular complexity index is 151.